The zero-order valence-electron chi connectivity index (χ0n) is 6.21. The highest BCUT2D eigenvalue weighted by molar-refractivity contribution is 6.32. The van der Waals surface area contributed by atoms with Crippen molar-refractivity contribution >= 4 is 17.9 Å². The Kier molecular flexibility index (Phi) is 3.13. The Hall–Kier alpha value is -1.23. The van der Waals surface area contributed by atoms with Crippen molar-refractivity contribution in [2.24, 2.45) is 0 Å². The Bertz CT molecular complexity index is 319. The van der Waals surface area contributed by atoms with Crippen LogP contribution in [0, 0.1) is 0 Å². The van der Waals surface area contributed by atoms with E-state index >= 15 is 0 Å². The number of halogens is 3. The molecule has 0 aliphatic rings. The smallest absolute Gasteiger partial charge is 0.388 e. The van der Waals surface area contributed by atoms with Crippen molar-refractivity contribution in [3.05, 3.63) is 22.8 Å². The Morgan fingerprint density at radius 3 is 2.85 bits per heavy atom. The number of nitrogens with zero attached hydrogens (tertiary/aromatic N) is 1. The van der Waals surface area contributed by atoms with Crippen molar-refractivity contribution in [1.82, 2.24) is 4.98 Å². The molecule has 6 heteroatoms. The van der Waals surface area contributed by atoms with Gasteiger partial charge in [0.05, 0.1) is 11.2 Å². The molecule has 0 saturated heterocycles. The summed E-state index contributed by atoms with van der Waals surface area (Å²) in [5.41, 5.74) is 0.0623. The highest BCUT2D eigenvalue weighted by atomic mass is 35.5. The number of carbonyl (C=O) groups excluding carboxylic acids is 1. The maximum absolute atomic E-state index is 11.7. The lowest BCUT2D eigenvalue weighted by atomic mass is 10.3. The van der Waals surface area contributed by atoms with E-state index in [9.17, 15) is 13.6 Å². The summed E-state index contributed by atoms with van der Waals surface area (Å²) in [5, 5.41) is 0.0941. The van der Waals surface area contributed by atoms with Crippen molar-refractivity contribution < 1.29 is 18.3 Å². The van der Waals surface area contributed by atoms with Gasteiger partial charge in [-0.3, -0.25) is 4.79 Å². The fourth-order valence-electron chi connectivity index (χ4n) is 0.680. The second-order valence-corrected chi connectivity index (χ2v) is 2.45. The van der Waals surface area contributed by atoms with Crippen molar-refractivity contribution in [3.63, 3.8) is 0 Å². The van der Waals surface area contributed by atoms with Gasteiger partial charge in [-0.1, -0.05) is 11.6 Å². The van der Waals surface area contributed by atoms with E-state index in [1.165, 1.54) is 0 Å². The minimum Gasteiger partial charge on any atom is -0.417 e. The Morgan fingerprint density at radius 1 is 1.62 bits per heavy atom. The van der Waals surface area contributed by atoms with Crippen molar-refractivity contribution in [1.29, 1.82) is 0 Å². The topological polar surface area (TPSA) is 39.2 Å². The zero-order chi connectivity index (χ0) is 9.84. The third-order valence-electron chi connectivity index (χ3n) is 1.20. The molecule has 0 N–H and O–H groups in total. The molecule has 0 fully saturated rings. The van der Waals surface area contributed by atoms with E-state index in [0.29, 0.717) is 6.29 Å². The summed E-state index contributed by atoms with van der Waals surface area (Å²) in [6.07, 6.45) is 1.51. The molecule has 0 unspecified atom stereocenters. The van der Waals surface area contributed by atoms with E-state index in [1.54, 1.807) is 0 Å². The average Bonchev–Trinajstić information content (AvgIpc) is 2.07. The maximum Gasteiger partial charge on any atom is 0.388 e. The molecule has 0 saturated carbocycles. The standard InChI is InChI=1S/C7H4ClF2NO2/c8-5-2-11-6(13-7(9)10)1-4(5)3-12/h1-3,7H. The first-order valence-corrected chi connectivity index (χ1v) is 3.57. The largest absolute Gasteiger partial charge is 0.417 e. The highest BCUT2D eigenvalue weighted by Gasteiger charge is 2.07. The molecule has 0 amide bonds. The van der Waals surface area contributed by atoms with Crippen LogP contribution in [0.1, 0.15) is 10.4 Å². The van der Waals surface area contributed by atoms with Crippen LogP contribution in [0.4, 0.5) is 8.78 Å². The lowest BCUT2D eigenvalue weighted by Crippen LogP contribution is -2.03. The van der Waals surface area contributed by atoms with Crippen LogP contribution in [0.2, 0.25) is 5.02 Å². The minimum absolute atomic E-state index is 0.0623. The second kappa shape index (κ2) is 4.13. The van der Waals surface area contributed by atoms with Gasteiger partial charge in [0.25, 0.3) is 0 Å². The number of alkyl halides is 2. The van der Waals surface area contributed by atoms with Crippen molar-refractivity contribution in [2.75, 3.05) is 0 Å². The molecular formula is C7H4ClF2NO2. The molecule has 70 valence electrons. The number of aldehydes is 1. The molecule has 3 nitrogen and oxygen atoms in total. The molecule has 1 aromatic heterocycles. The fraction of sp³-hybridized carbons (Fsp3) is 0.143. The number of aromatic nitrogens is 1. The van der Waals surface area contributed by atoms with E-state index in [1.807, 2.05) is 0 Å². The number of rotatable bonds is 3. The maximum atomic E-state index is 11.7. The third-order valence-corrected chi connectivity index (χ3v) is 1.51. The summed E-state index contributed by atoms with van der Waals surface area (Å²) in [5.74, 6) is -0.332. The molecule has 0 aromatic carbocycles. The molecule has 0 aliphatic carbocycles. The van der Waals surface area contributed by atoms with Gasteiger partial charge >= 0.3 is 6.61 Å². The molecule has 1 aromatic rings. The molecule has 0 spiro atoms. The zero-order valence-corrected chi connectivity index (χ0v) is 6.96. The second-order valence-electron chi connectivity index (χ2n) is 2.04. The van der Waals surface area contributed by atoms with E-state index in [0.717, 1.165) is 12.3 Å². The SMILES string of the molecule is O=Cc1cc(OC(F)F)ncc1Cl. The first-order valence-electron chi connectivity index (χ1n) is 3.19. The first-order chi connectivity index (χ1) is 6.13. The number of pyridine rings is 1. The summed E-state index contributed by atoms with van der Waals surface area (Å²) in [6, 6.07) is 1.04. The minimum atomic E-state index is -2.96. The molecule has 0 atom stereocenters. The lowest BCUT2D eigenvalue weighted by Gasteiger charge is -2.03. The summed E-state index contributed by atoms with van der Waals surface area (Å²) >= 11 is 5.50. The van der Waals surface area contributed by atoms with Crippen LogP contribution >= 0.6 is 11.6 Å². The Morgan fingerprint density at radius 2 is 2.31 bits per heavy atom. The summed E-state index contributed by atoms with van der Waals surface area (Å²) < 4.78 is 27.3. The molecule has 13 heavy (non-hydrogen) atoms. The van der Waals surface area contributed by atoms with Gasteiger partial charge in [0, 0.05) is 11.6 Å². The van der Waals surface area contributed by atoms with Gasteiger partial charge in [-0.05, 0) is 0 Å². The monoisotopic (exact) mass is 207 g/mol. The highest BCUT2D eigenvalue weighted by Crippen LogP contribution is 2.18. The summed E-state index contributed by atoms with van der Waals surface area (Å²) in [4.78, 5) is 13.7. The van der Waals surface area contributed by atoms with Crippen LogP contribution in [0.15, 0.2) is 12.3 Å². The van der Waals surface area contributed by atoms with Gasteiger partial charge in [-0.15, -0.1) is 0 Å². The van der Waals surface area contributed by atoms with Gasteiger partial charge in [0.15, 0.2) is 6.29 Å². The lowest BCUT2D eigenvalue weighted by molar-refractivity contribution is -0.0528. The van der Waals surface area contributed by atoms with E-state index in [4.69, 9.17) is 11.6 Å². The predicted octanol–water partition coefficient (Wildman–Crippen LogP) is 2.15. The van der Waals surface area contributed by atoms with Gasteiger partial charge < -0.3 is 4.74 Å². The quantitative estimate of drug-likeness (QED) is 0.713. The molecule has 1 heterocycles. The normalized spacial score (nSPS) is 10.2. The molecule has 0 bridgehead atoms. The number of hydrogen-bond acceptors (Lipinski definition) is 3. The predicted molar refractivity (Wildman–Crippen MR) is 41.3 cm³/mol. The van der Waals surface area contributed by atoms with Gasteiger partial charge in [0.2, 0.25) is 5.88 Å². The number of hydrogen-bond donors (Lipinski definition) is 0. The molecule has 0 aliphatic heterocycles. The average molecular weight is 208 g/mol. The Balaban J connectivity index is 2.92. The molecular weight excluding hydrogens is 204 g/mol. The van der Waals surface area contributed by atoms with E-state index < -0.39 is 6.61 Å². The summed E-state index contributed by atoms with van der Waals surface area (Å²) in [6.45, 7) is -2.96. The molecule has 1 rings (SSSR count). The van der Waals surface area contributed by atoms with Crippen LogP contribution in [-0.2, 0) is 0 Å². The van der Waals surface area contributed by atoms with Crippen molar-refractivity contribution in [2.45, 2.75) is 6.61 Å². The number of ether oxygens (including phenoxy) is 1. The third kappa shape index (κ3) is 2.62. The number of carbonyl (C=O) groups is 1. The van der Waals surface area contributed by atoms with Crippen LogP contribution in [-0.4, -0.2) is 17.9 Å². The van der Waals surface area contributed by atoms with Gasteiger partial charge in [-0.2, -0.15) is 8.78 Å². The van der Waals surface area contributed by atoms with Crippen LogP contribution in [0.3, 0.4) is 0 Å². The van der Waals surface area contributed by atoms with Crippen LogP contribution < -0.4 is 4.74 Å². The fourth-order valence-corrected chi connectivity index (χ4v) is 0.828. The first kappa shape index (κ1) is 9.85. The van der Waals surface area contributed by atoms with E-state index in [2.05, 4.69) is 9.72 Å². The van der Waals surface area contributed by atoms with Crippen LogP contribution in [0.25, 0.3) is 0 Å². The summed E-state index contributed by atoms with van der Waals surface area (Å²) in [7, 11) is 0. The van der Waals surface area contributed by atoms with Gasteiger partial charge in [0.1, 0.15) is 0 Å². The molecule has 0 radical (unpaired) electrons. The Labute approximate surface area is 77.3 Å². The van der Waals surface area contributed by atoms with Crippen LogP contribution in [0.5, 0.6) is 5.88 Å². The van der Waals surface area contributed by atoms with Gasteiger partial charge in [-0.25, -0.2) is 4.98 Å². The van der Waals surface area contributed by atoms with Crippen molar-refractivity contribution in [3.8, 4) is 5.88 Å². The van der Waals surface area contributed by atoms with E-state index in [-0.39, 0.29) is 16.5 Å².